The molecular weight excluding hydrogens is 272 g/mol. The average Bonchev–Trinajstić information content (AvgIpc) is 2.78. The van der Waals surface area contributed by atoms with Crippen molar-refractivity contribution in [2.45, 2.75) is 102 Å². The Kier molecular flexibility index (Phi) is 5.80. The molecule has 1 N–H and O–H groups in total. The van der Waals surface area contributed by atoms with Crippen molar-refractivity contribution < 1.29 is 5.11 Å². The Bertz CT molecular complexity index is 436. The largest absolute Gasteiger partial charge is 0.493 e. The van der Waals surface area contributed by atoms with Crippen molar-refractivity contribution in [2.24, 2.45) is 0 Å². The summed E-state index contributed by atoms with van der Waals surface area (Å²) in [6.07, 6.45) is 20.1. The summed E-state index contributed by atoms with van der Waals surface area (Å²) in [5.74, 6) is 1.01. The fraction of sp³-hybridized carbons (Fsp3) is 0.842. The molecule has 2 aliphatic rings. The van der Waals surface area contributed by atoms with Gasteiger partial charge in [0.15, 0.2) is 0 Å². The van der Waals surface area contributed by atoms with Crippen LogP contribution in [0.25, 0.3) is 0 Å². The minimum atomic E-state index is 0.424. The highest BCUT2D eigenvalue weighted by atomic mass is 16.3. The van der Waals surface area contributed by atoms with Crippen molar-refractivity contribution in [1.29, 1.82) is 0 Å². The molecule has 0 aromatic carbocycles. The van der Waals surface area contributed by atoms with E-state index in [1.807, 2.05) is 10.9 Å². The SMILES string of the molecule is Oc1c(C2CCCCCCCC2)cnn1C1CCCCCC1. The first-order chi connectivity index (χ1) is 10.9. The highest BCUT2D eigenvalue weighted by molar-refractivity contribution is 5.27. The van der Waals surface area contributed by atoms with Crippen LogP contribution in [0.5, 0.6) is 5.88 Å². The van der Waals surface area contributed by atoms with Crippen LogP contribution in [-0.2, 0) is 0 Å². The molecule has 2 saturated carbocycles. The highest BCUT2D eigenvalue weighted by Gasteiger charge is 2.24. The molecule has 1 heterocycles. The molecule has 3 rings (SSSR count). The van der Waals surface area contributed by atoms with Gasteiger partial charge in [-0.15, -0.1) is 0 Å². The van der Waals surface area contributed by atoms with Crippen LogP contribution in [0.3, 0.4) is 0 Å². The molecule has 1 aromatic rings. The van der Waals surface area contributed by atoms with Gasteiger partial charge in [0.2, 0.25) is 5.88 Å². The summed E-state index contributed by atoms with van der Waals surface area (Å²) in [6, 6.07) is 0.424. The predicted octanol–water partition coefficient (Wildman–Crippen LogP) is 5.70. The Hall–Kier alpha value is -0.990. The second kappa shape index (κ2) is 8.03. The van der Waals surface area contributed by atoms with Gasteiger partial charge in [-0.1, -0.05) is 64.2 Å². The van der Waals surface area contributed by atoms with Crippen LogP contribution in [0.4, 0.5) is 0 Å². The molecular formula is C19H32N2O. The summed E-state index contributed by atoms with van der Waals surface area (Å²) >= 11 is 0. The molecule has 0 amide bonds. The third-order valence-corrected chi connectivity index (χ3v) is 5.76. The lowest BCUT2D eigenvalue weighted by molar-refractivity contribution is 0.326. The number of hydrogen-bond acceptors (Lipinski definition) is 2. The zero-order chi connectivity index (χ0) is 15.2. The topological polar surface area (TPSA) is 38.1 Å². The monoisotopic (exact) mass is 304 g/mol. The van der Waals surface area contributed by atoms with E-state index < -0.39 is 0 Å². The third-order valence-electron chi connectivity index (χ3n) is 5.76. The molecule has 2 aliphatic carbocycles. The molecule has 0 unspecified atom stereocenters. The van der Waals surface area contributed by atoms with Gasteiger partial charge in [0.05, 0.1) is 12.2 Å². The molecule has 3 nitrogen and oxygen atoms in total. The summed E-state index contributed by atoms with van der Waals surface area (Å²) < 4.78 is 1.95. The normalized spacial score (nSPS) is 23.5. The van der Waals surface area contributed by atoms with Crippen molar-refractivity contribution in [3.8, 4) is 5.88 Å². The van der Waals surface area contributed by atoms with Crippen molar-refractivity contribution in [3.63, 3.8) is 0 Å². The van der Waals surface area contributed by atoms with Crippen LogP contribution >= 0.6 is 0 Å². The minimum Gasteiger partial charge on any atom is -0.493 e. The maximum absolute atomic E-state index is 10.8. The second-order valence-corrected chi connectivity index (χ2v) is 7.41. The van der Waals surface area contributed by atoms with Crippen LogP contribution in [0.1, 0.15) is 107 Å². The smallest absolute Gasteiger partial charge is 0.213 e. The van der Waals surface area contributed by atoms with Gasteiger partial charge in [-0.3, -0.25) is 0 Å². The molecule has 0 bridgehead atoms. The first-order valence-corrected chi connectivity index (χ1v) is 9.62. The van der Waals surface area contributed by atoms with E-state index in [0.29, 0.717) is 17.8 Å². The van der Waals surface area contributed by atoms with Gasteiger partial charge in [-0.2, -0.15) is 5.10 Å². The van der Waals surface area contributed by atoms with Crippen LogP contribution in [0, 0.1) is 0 Å². The molecule has 0 atom stereocenters. The quantitative estimate of drug-likeness (QED) is 0.711. The standard InChI is InChI=1S/C19H32N2O/c22-19-18(16-11-7-3-1-2-4-8-12-16)15-20-21(19)17-13-9-5-6-10-14-17/h15-17,22H,1-14H2. The first-order valence-electron chi connectivity index (χ1n) is 9.62. The van der Waals surface area contributed by atoms with Gasteiger partial charge in [0, 0.05) is 5.56 Å². The first kappa shape index (κ1) is 15.9. The number of nitrogens with zero attached hydrogens (tertiary/aromatic N) is 2. The molecule has 22 heavy (non-hydrogen) atoms. The van der Waals surface area contributed by atoms with Crippen LogP contribution in [0.15, 0.2) is 6.20 Å². The average molecular weight is 304 g/mol. The molecule has 0 aliphatic heterocycles. The Morgan fingerprint density at radius 2 is 1.27 bits per heavy atom. The van der Waals surface area contributed by atoms with E-state index in [4.69, 9.17) is 0 Å². The summed E-state index contributed by atoms with van der Waals surface area (Å²) in [5, 5.41) is 15.4. The summed E-state index contributed by atoms with van der Waals surface area (Å²) in [5.41, 5.74) is 1.13. The summed E-state index contributed by atoms with van der Waals surface area (Å²) in [4.78, 5) is 0. The second-order valence-electron chi connectivity index (χ2n) is 7.41. The minimum absolute atomic E-state index is 0.424. The van der Waals surface area contributed by atoms with E-state index in [0.717, 1.165) is 5.56 Å². The fourth-order valence-corrected chi connectivity index (χ4v) is 4.37. The van der Waals surface area contributed by atoms with Gasteiger partial charge in [0.1, 0.15) is 0 Å². The fourth-order valence-electron chi connectivity index (χ4n) is 4.37. The van der Waals surface area contributed by atoms with Gasteiger partial charge >= 0.3 is 0 Å². The van der Waals surface area contributed by atoms with Gasteiger partial charge < -0.3 is 5.11 Å². The Labute approximate surface area is 135 Å². The van der Waals surface area contributed by atoms with Crippen molar-refractivity contribution in [3.05, 3.63) is 11.8 Å². The van der Waals surface area contributed by atoms with Crippen molar-refractivity contribution >= 4 is 0 Å². The predicted molar refractivity (Wildman–Crippen MR) is 90.3 cm³/mol. The maximum atomic E-state index is 10.8. The summed E-state index contributed by atoms with van der Waals surface area (Å²) in [7, 11) is 0. The Morgan fingerprint density at radius 3 is 1.86 bits per heavy atom. The van der Waals surface area contributed by atoms with E-state index in [9.17, 15) is 5.11 Å². The molecule has 3 heteroatoms. The van der Waals surface area contributed by atoms with Crippen LogP contribution in [0.2, 0.25) is 0 Å². The zero-order valence-corrected chi connectivity index (χ0v) is 14.0. The summed E-state index contributed by atoms with van der Waals surface area (Å²) in [6.45, 7) is 0. The van der Waals surface area contributed by atoms with E-state index >= 15 is 0 Å². The van der Waals surface area contributed by atoms with Gasteiger partial charge in [-0.05, 0) is 31.6 Å². The maximum Gasteiger partial charge on any atom is 0.213 e. The van der Waals surface area contributed by atoms with E-state index in [1.54, 1.807) is 0 Å². The Balaban J connectivity index is 1.73. The van der Waals surface area contributed by atoms with Crippen LogP contribution < -0.4 is 0 Å². The molecule has 0 saturated heterocycles. The Morgan fingerprint density at radius 1 is 0.773 bits per heavy atom. The lowest BCUT2D eigenvalue weighted by atomic mass is 9.91. The molecule has 124 valence electrons. The molecule has 2 fully saturated rings. The highest BCUT2D eigenvalue weighted by Crippen LogP contribution is 2.38. The lowest BCUT2D eigenvalue weighted by Crippen LogP contribution is -2.09. The van der Waals surface area contributed by atoms with E-state index in [1.165, 1.54) is 89.9 Å². The lowest BCUT2D eigenvalue weighted by Gasteiger charge is -2.18. The van der Waals surface area contributed by atoms with Crippen molar-refractivity contribution in [1.82, 2.24) is 9.78 Å². The number of hydrogen-bond donors (Lipinski definition) is 1. The molecule has 0 radical (unpaired) electrons. The van der Waals surface area contributed by atoms with Crippen LogP contribution in [-0.4, -0.2) is 14.9 Å². The number of aromatic nitrogens is 2. The molecule has 1 aromatic heterocycles. The molecule has 0 spiro atoms. The number of rotatable bonds is 2. The van der Waals surface area contributed by atoms with E-state index in [2.05, 4.69) is 5.10 Å². The van der Waals surface area contributed by atoms with Gasteiger partial charge in [-0.25, -0.2) is 4.68 Å². The zero-order valence-electron chi connectivity index (χ0n) is 14.0. The third kappa shape index (κ3) is 3.85. The van der Waals surface area contributed by atoms with Crippen molar-refractivity contribution in [2.75, 3.05) is 0 Å². The van der Waals surface area contributed by atoms with E-state index in [-0.39, 0.29) is 0 Å². The van der Waals surface area contributed by atoms with Gasteiger partial charge in [0.25, 0.3) is 0 Å². The number of aromatic hydroxyl groups is 1.